The number of carbonyl (C=O) groups excluding carboxylic acids is 1. The minimum atomic E-state index is -0.502. The van der Waals surface area contributed by atoms with Gasteiger partial charge in [-0.25, -0.2) is 15.0 Å². The van der Waals surface area contributed by atoms with Crippen LogP contribution in [0.2, 0.25) is 0 Å². The Bertz CT molecular complexity index is 1020. The Morgan fingerprint density at radius 1 is 1.17 bits per heavy atom. The molecule has 5 rings (SSSR count). The number of thiazole rings is 1. The van der Waals surface area contributed by atoms with Crippen molar-refractivity contribution < 1.29 is 9.90 Å². The third-order valence-corrected chi connectivity index (χ3v) is 6.94. The monoisotopic (exact) mass is 409 g/mol. The summed E-state index contributed by atoms with van der Waals surface area (Å²) in [6.07, 6.45) is 5.65. The van der Waals surface area contributed by atoms with Crippen LogP contribution in [-0.4, -0.2) is 63.1 Å². The summed E-state index contributed by atoms with van der Waals surface area (Å²) in [6.45, 7) is 2.83. The van der Waals surface area contributed by atoms with E-state index in [1.54, 1.807) is 28.5 Å². The van der Waals surface area contributed by atoms with Crippen LogP contribution in [0.3, 0.4) is 0 Å². The number of hydrogen-bond donors (Lipinski definition) is 1. The van der Waals surface area contributed by atoms with E-state index in [4.69, 9.17) is 0 Å². The van der Waals surface area contributed by atoms with Gasteiger partial charge in [0.2, 0.25) is 0 Å². The van der Waals surface area contributed by atoms with E-state index < -0.39 is 6.10 Å². The number of fused-ring (bicyclic) bond motifs is 1. The summed E-state index contributed by atoms with van der Waals surface area (Å²) in [5.41, 5.74) is 0.916. The van der Waals surface area contributed by atoms with Crippen molar-refractivity contribution in [3.8, 4) is 0 Å². The fourth-order valence-electron chi connectivity index (χ4n) is 4.65. The lowest BCUT2D eigenvalue weighted by atomic mass is 9.71. The number of nitrogens with zero attached hydrogens (tertiary/aromatic N) is 5. The number of piperidine rings is 2. The number of aliphatic hydroxyl groups is 1. The van der Waals surface area contributed by atoms with Crippen molar-refractivity contribution in [1.82, 2.24) is 19.9 Å². The first-order valence-electron chi connectivity index (χ1n) is 9.96. The van der Waals surface area contributed by atoms with Gasteiger partial charge in [0, 0.05) is 49.3 Å². The molecule has 2 fully saturated rings. The van der Waals surface area contributed by atoms with Gasteiger partial charge >= 0.3 is 0 Å². The molecule has 0 bridgehead atoms. The molecule has 0 saturated carbocycles. The number of aromatic nitrogens is 3. The summed E-state index contributed by atoms with van der Waals surface area (Å²) < 4.78 is 0. The Balaban J connectivity index is 1.33. The third-order valence-electron chi connectivity index (χ3n) is 6.11. The summed E-state index contributed by atoms with van der Waals surface area (Å²) in [7, 11) is 0. The zero-order valence-electron chi connectivity index (χ0n) is 16.1. The first kappa shape index (κ1) is 18.4. The molecule has 3 aromatic heterocycles. The summed E-state index contributed by atoms with van der Waals surface area (Å²) in [6, 6.07) is 7.42. The lowest BCUT2D eigenvalue weighted by Gasteiger charge is -2.49. The number of amides is 1. The molecule has 1 atom stereocenters. The molecule has 1 spiro atoms. The number of anilines is 1. The molecule has 150 valence electrons. The van der Waals surface area contributed by atoms with Crippen LogP contribution in [0, 0.1) is 5.41 Å². The fraction of sp³-hybridized carbons (Fsp3) is 0.429. The molecule has 1 N–H and O–H groups in total. The third kappa shape index (κ3) is 3.58. The van der Waals surface area contributed by atoms with E-state index in [0.29, 0.717) is 24.4 Å². The molecule has 5 heterocycles. The fourth-order valence-corrected chi connectivity index (χ4v) is 5.35. The standard InChI is InChI=1S/C21H23N5O2S/c27-16-12-21(5-9-25(10-6-21)20-23-8-11-29-20)14-26(13-16)19(28)17-4-3-15-2-1-7-22-18(15)24-17/h1-4,7-8,11,16,27H,5-6,9-10,12-14H2. The van der Waals surface area contributed by atoms with Gasteiger partial charge < -0.3 is 14.9 Å². The predicted octanol–water partition coefficient (Wildman–Crippen LogP) is 2.58. The van der Waals surface area contributed by atoms with Crippen molar-refractivity contribution in [3.63, 3.8) is 0 Å². The number of carbonyl (C=O) groups is 1. The number of hydrogen-bond acceptors (Lipinski definition) is 7. The van der Waals surface area contributed by atoms with Gasteiger partial charge in [-0.2, -0.15) is 0 Å². The van der Waals surface area contributed by atoms with Crippen LogP contribution in [0.25, 0.3) is 11.0 Å². The molecule has 2 aliphatic rings. The SMILES string of the molecule is O=C(c1ccc2cccnc2n1)N1CC(O)CC2(CCN(c3nccs3)CC2)C1. The van der Waals surface area contributed by atoms with Crippen LogP contribution in [0.15, 0.2) is 42.0 Å². The van der Waals surface area contributed by atoms with E-state index in [1.807, 2.05) is 29.8 Å². The number of rotatable bonds is 2. The van der Waals surface area contributed by atoms with Gasteiger partial charge in [0.1, 0.15) is 5.69 Å². The van der Waals surface area contributed by atoms with Crippen LogP contribution >= 0.6 is 11.3 Å². The average molecular weight is 410 g/mol. The van der Waals surface area contributed by atoms with Crippen LogP contribution in [0.4, 0.5) is 5.13 Å². The van der Waals surface area contributed by atoms with Gasteiger partial charge in [0.05, 0.1) is 6.10 Å². The largest absolute Gasteiger partial charge is 0.391 e. The van der Waals surface area contributed by atoms with E-state index >= 15 is 0 Å². The lowest BCUT2D eigenvalue weighted by Crippen LogP contribution is -2.55. The van der Waals surface area contributed by atoms with Crippen LogP contribution in [-0.2, 0) is 0 Å². The predicted molar refractivity (Wildman–Crippen MR) is 112 cm³/mol. The second-order valence-corrected chi connectivity index (χ2v) is 8.96. The van der Waals surface area contributed by atoms with E-state index in [0.717, 1.165) is 42.9 Å². The summed E-state index contributed by atoms with van der Waals surface area (Å²) in [5, 5.41) is 14.5. The molecule has 1 unspecified atom stereocenters. The van der Waals surface area contributed by atoms with Crippen molar-refractivity contribution in [2.75, 3.05) is 31.1 Å². The van der Waals surface area contributed by atoms with Crippen molar-refractivity contribution in [1.29, 1.82) is 0 Å². The highest BCUT2D eigenvalue weighted by molar-refractivity contribution is 7.13. The Morgan fingerprint density at radius 3 is 2.83 bits per heavy atom. The highest BCUT2D eigenvalue weighted by Crippen LogP contribution is 2.41. The number of likely N-dealkylation sites (tertiary alicyclic amines) is 1. The minimum absolute atomic E-state index is 0.0455. The molecule has 7 nitrogen and oxygen atoms in total. The Hall–Kier alpha value is -2.58. The molecule has 0 aliphatic carbocycles. The molecule has 0 aromatic carbocycles. The van der Waals surface area contributed by atoms with E-state index in [-0.39, 0.29) is 11.3 Å². The molecule has 3 aromatic rings. The molecular weight excluding hydrogens is 386 g/mol. The molecular formula is C21H23N5O2S. The zero-order chi connectivity index (χ0) is 19.8. The zero-order valence-corrected chi connectivity index (χ0v) is 16.9. The number of aliphatic hydroxyl groups excluding tert-OH is 1. The van der Waals surface area contributed by atoms with E-state index in [1.165, 1.54) is 0 Å². The van der Waals surface area contributed by atoms with Gasteiger partial charge in [0.15, 0.2) is 10.8 Å². The average Bonchev–Trinajstić information content (AvgIpc) is 3.28. The van der Waals surface area contributed by atoms with Crippen molar-refractivity contribution in [2.45, 2.75) is 25.4 Å². The summed E-state index contributed by atoms with van der Waals surface area (Å²) in [5.74, 6) is -0.127. The van der Waals surface area contributed by atoms with E-state index in [9.17, 15) is 9.90 Å². The summed E-state index contributed by atoms with van der Waals surface area (Å²) in [4.78, 5) is 30.4. The maximum atomic E-state index is 13.2. The second-order valence-electron chi connectivity index (χ2n) is 8.09. The topological polar surface area (TPSA) is 82.5 Å². The minimum Gasteiger partial charge on any atom is -0.391 e. The number of β-amino-alcohol motifs (C(OH)–C–C–N with tert-alkyl or cyclic N) is 1. The highest BCUT2D eigenvalue weighted by Gasteiger charge is 2.43. The van der Waals surface area contributed by atoms with Gasteiger partial charge in [-0.15, -0.1) is 11.3 Å². The van der Waals surface area contributed by atoms with Gasteiger partial charge in [-0.3, -0.25) is 4.79 Å². The van der Waals surface area contributed by atoms with Gasteiger partial charge in [-0.05, 0) is 48.9 Å². The first-order valence-corrected chi connectivity index (χ1v) is 10.8. The van der Waals surface area contributed by atoms with Crippen molar-refractivity contribution >= 4 is 33.4 Å². The molecule has 29 heavy (non-hydrogen) atoms. The van der Waals surface area contributed by atoms with Crippen LogP contribution in [0.1, 0.15) is 29.8 Å². The maximum absolute atomic E-state index is 13.2. The molecule has 2 aliphatic heterocycles. The van der Waals surface area contributed by atoms with Crippen LogP contribution < -0.4 is 4.90 Å². The molecule has 2 saturated heterocycles. The lowest BCUT2D eigenvalue weighted by molar-refractivity contribution is -0.0152. The Kier molecular flexibility index (Phi) is 4.67. The summed E-state index contributed by atoms with van der Waals surface area (Å²) >= 11 is 1.66. The number of pyridine rings is 2. The van der Waals surface area contributed by atoms with Crippen molar-refractivity contribution in [2.24, 2.45) is 5.41 Å². The smallest absolute Gasteiger partial charge is 0.272 e. The highest BCUT2D eigenvalue weighted by atomic mass is 32.1. The molecule has 0 radical (unpaired) electrons. The van der Waals surface area contributed by atoms with E-state index in [2.05, 4.69) is 19.9 Å². The Morgan fingerprint density at radius 2 is 2.03 bits per heavy atom. The van der Waals surface area contributed by atoms with Crippen LogP contribution in [0.5, 0.6) is 0 Å². The maximum Gasteiger partial charge on any atom is 0.272 e. The second kappa shape index (κ2) is 7.35. The first-order chi connectivity index (χ1) is 14.1. The van der Waals surface area contributed by atoms with Gasteiger partial charge in [0.25, 0.3) is 5.91 Å². The normalized spacial score (nSPS) is 21.6. The van der Waals surface area contributed by atoms with Crippen molar-refractivity contribution in [3.05, 3.63) is 47.7 Å². The molecule has 1 amide bonds. The Labute approximate surface area is 173 Å². The molecule has 8 heteroatoms. The quantitative estimate of drug-likeness (QED) is 0.701. The van der Waals surface area contributed by atoms with Gasteiger partial charge in [-0.1, -0.05) is 0 Å².